The summed E-state index contributed by atoms with van der Waals surface area (Å²) in [6, 6.07) is 10.9. The Morgan fingerprint density at radius 3 is 2.79 bits per heavy atom. The highest BCUT2D eigenvalue weighted by Gasteiger charge is 2.24. The quantitative estimate of drug-likeness (QED) is 0.899. The maximum atomic E-state index is 5.21. The molecular weight excluding hydrogens is 256 g/mol. The highest BCUT2D eigenvalue weighted by Crippen LogP contribution is 2.21. The van der Waals surface area contributed by atoms with Gasteiger partial charge in [0.25, 0.3) is 0 Å². The summed E-state index contributed by atoms with van der Waals surface area (Å²) in [7, 11) is 1.73. The van der Waals surface area contributed by atoms with E-state index in [9.17, 15) is 0 Å². The van der Waals surface area contributed by atoms with Crippen LogP contribution in [-0.2, 0) is 11.2 Å². The monoisotopic (exact) mass is 278 g/mol. The van der Waals surface area contributed by atoms with Gasteiger partial charge in [0.05, 0.1) is 18.2 Å². The van der Waals surface area contributed by atoms with Gasteiger partial charge in [-0.05, 0) is 25.8 Å². The highest BCUT2D eigenvalue weighted by atomic mass is 32.2. The molecule has 1 heterocycles. The molecule has 0 fully saturated rings. The van der Waals surface area contributed by atoms with Crippen molar-refractivity contribution < 1.29 is 4.74 Å². The molecule has 0 aromatic heterocycles. The smallest absolute Gasteiger partial charge is 0.157 e. The first-order chi connectivity index (χ1) is 9.09. The van der Waals surface area contributed by atoms with Crippen LogP contribution in [0.15, 0.2) is 35.3 Å². The molecule has 0 radical (unpaired) electrons. The molecule has 0 bridgehead atoms. The van der Waals surface area contributed by atoms with Crippen LogP contribution in [0, 0.1) is 0 Å². The van der Waals surface area contributed by atoms with Crippen LogP contribution in [0.3, 0.4) is 0 Å². The summed E-state index contributed by atoms with van der Waals surface area (Å²) in [5, 5.41) is 4.50. The summed E-state index contributed by atoms with van der Waals surface area (Å²) in [6.45, 7) is 4.93. The first kappa shape index (κ1) is 14.4. The molecule has 0 aliphatic carbocycles. The molecule has 19 heavy (non-hydrogen) atoms. The summed E-state index contributed by atoms with van der Waals surface area (Å²) < 4.78 is 5.21. The van der Waals surface area contributed by atoms with E-state index in [0.717, 1.165) is 17.3 Å². The fourth-order valence-electron chi connectivity index (χ4n) is 2.16. The van der Waals surface area contributed by atoms with Crippen molar-refractivity contribution in [2.45, 2.75) is 31.8 Å². The third-order valence-electron chi connectivity index (χ3n) is 2.98. The first-order valence-electron chi connectivity index (χ1n) is 6.61. The van der Waals surface area contributed by atoms with E-state index in [4.69, 9.17) is 9.73 Å². The second-order valence-corrected chi connectivity index (χ2v) is 6.54. The third-order valence-corrected chi connectivity index (χ3v) is 4.01. The number of benzene rings is 1. The fourth-order valence-corrected chi connectivity index (χ4v) is 3.28. The molecule has 1 unspecified atom stereocenters. The van der Waals surface area contributed by atoms with Crippen molar-refractivity contribution in [1.82, 2.24) is 5.32 Å². The summed E-state index contributed by atoms with van der Waals surface area (Å²) in [6.07, 6.45) is 1.02. The number of nitrogens with one attached hydrogen (secondary N) is 1. The number of hydrogen-bond acceptors (Lipinski definition) is 4. The molecule has 1 aliphatic heterocycles. The van der Waals surface area contributed by atoms with Gasteiger partial charge in [-0.3, -0.25) is 4.99 Å². The number of amidine groups is 1. The molecule has 1 aromatic carbocycles. The summed E-state index contributed by atoms with van der Waals surface area (Å²) in [5.41, 5.74) is 1.29. The van der Waals surface area contributed by atoms with Gasteiger partial charge in [-0.1, -0.05) is 42.1 Å². The first-order valence-corrected chi connectivity index (χ1v) is 7.59. The second kappa shape index (κ2) is 6.44. The van der Waals surface area contributed by atoms with Gasteiger partial charge < -0.3 is 10.1 Å². The van der Waals surface area contributed by atoms with Crippen molar-refractivity contribution >= 4 is 16.9 Å². The second-order valence-electron chi connectivity index (χ2n) is 5.53. The zero-order valence-corrected chi connectivity index (χ0v) is 12.7. The molecule has 0 saturated heterocycles. The van der Waals surface area contributed by atoms with Crippen LogP contribution in [0.2, 0.25) is 0 Å². The Kier molecular flexibility index (Phi) is 4.88. The van der Waals surface area contributed by atoms with Crippen molar-refractivity contribution in [3.8, 4) is 0 Å². The van der Waals surface area contributed by atoms with Crippen molar-refractivity contribution in [3.05, 3.63) is 35.9 Å². The molecule has 3 nitrogen and oxygen atoms in total. The molecular formula is C15H22N2OS. The molecule has 1 atom stereocenters. The summed E-state index contributed by atoms with van der Waals surface area (Å²) >= 11 is 1.81. The van der Waals surface area contributed by atoms with Crippen LogP contribution in [0.1, 0.15) is 19.4 Å². The van der Waals surface area contributed by atoms with E-state index in [2.05, 4.69) is 49.5 Å². The van der Waals surface area contributed by atoms with Gasteiger partial charge in [0.15, 0.2) is 5.17 Å². The van der Waals surface area contributed by atoms with Gasteiger partial charge in [0, 0.05) is 12.9 Å². The van der Waals surface area contributed by atoms with E-state index in [1.807, 2.05) is 0 Å². The molecule has 4 heteroatoms. The molecule has 0 saturated carbocycles. The number of nitrogens with zero attached hydrogens (tertiary/aromatic N) is 1. The third kappa shape index (κ3) is 4.55. The minimum atomic E-state index is -0.0672. The maximum Gasteiger partial charge on any atom is 0.157 e. The van der Waals surface area contributed by atoms with Gasteiger partial charge in [-0.15, -0.1) is 0 Å². The minimum Gasteiger partial charge on any atom is -0.382 e. The lowest BCUT2D eigenvalue weighted by atomic mass is 10.1. The van der Waals surface area contributed by atoms with E-state index in [0.29, 0.717) is 12.6 Å². The Balaban J connectivity index is 1.90. The van der Waals surface area contributed by atoms with E-state index in [1.165, 1.54) is 5.56 Å². The average molecular weight is 278 g/mol. The number of hydrogen-bond donors (Lipinski definition) is 1. The van der Waals surface area contributed by atoms with Crippen molar-refractivity contribution in [2.75, 3.05) is 19.5 Å². The van der Waals surface area contributed by atoms with Gasteiger partial charge in [0.1, 0.15) is 0 Å². The molecule has 1 N–H and O–H groups in total. The number of rotatable bonds is 5. The molecule has 1 aliphatic rings. The SMILES string of the molecule is COCC(C)(C)NC1=NC(Cc2ccccc2)CS1. The highest BCUT2D eigenvalue weighted by molar-refractivity contribution is 8.14. The van der Waals surface area contributed by atoms with Crippen LogP contribution in [0.4, 0.5) is 0 Å². The predicted octanol–water partition coefficient (Wildman–Crippen LogP) is 2.72. The fraction of sp³-hybridized carbons (Fsp3) is 0.533. The lowest BCUT2D eigenvalue weighted by molar-refractivity contribution is 0.140. The Hall–Kier alpha value is -1.00. The largest absolute Gasteiger partial charge is 0.382 e. The van der Waals surface area contributed by atoms with Crippen molar-refractivity contribution in [1.29, 1.82) is 0 Å². The molecule has 2 rings (SSSR count). The van der Waals surface area contributed by atoms with E-state index in [-0.39, 0.29) is 5.54 Å². The summed E-state index contributed by atoms with van der Waals surface area (Å²) in [5.74, 6) is 1.06. The summed E-state index contributed by atoms with van der Waals surface area (Å²) in [4.78, 5) is 4.76. The maximum absolute atomic E-state index is 5.21. The van der Waals surface area contributed by atoms with Gasteiger partial charge in [0.2, 0.25) is 0 Å². The molecule has 0 amide bonds. The molecule has 0 spiro atoms. The number of methoxy groups -OCH3 is 1. The van der Waals surface area contributed by atoms with E-state index in [1.54, 1.807) is 18.9 Å². The Morgan fingerprint density at radius 2 is 2.11 bits per heavy atom. The molecule has 104 valence electrons. The van der Waals surface area contributed by atoms with Gasteiger partial charge >= 0.3 is 0 Å². The van der Waals surface area contributed by atoms with Gasteiger partial charge in [-0.2, -0.15) is 0 Å². The lowest BCUT2D eigenvalue weighted by Crippen LogP contribution is -2.45. The number of thioether (sulfide) groups is 1. The van der Waals surface area contributed by atoms with Crippen LogP contribution < -0.4 is 5.32 Å². The van der Waals surface area contributed by atoms with E-state index >= 15 is 0 Å². The number of aliphatic imine (C=N–C) groups is 1. The Labute approximate surface area is 119 Å². The molecule has 1 aromatic rings. The van der Waals surface area contributed by atoms with Crippen LogP contribution >= 0.6 is 11.8 Å². The van der Waals surface area contributed by atoms with Crippen LogP contribution in [0.25, 0.3) is 0 Å². The topological polar surface area (TPSA) is 33.6 Å². The zero-order valence-electron chi connectivity index (χ0n) is 11.8. The number of ether oxygens (including phenoxy) is 1. The Bertz CT molecular complexity index is 431. The normalized spacial score (nSPS) is 19.3. The lowest BCUT2D eigenvalue weighted by Gasteiger charge is -2.25. The Morgan fingerprint density at radius 1 is 1.37 bits per heavy atom. The van der Waals surface area contributed by atoms with Crippen molar-refractivity contribution in [2.24, 2.45) is 4.99 Å². The standard InChI is InChI=1S/C15H22N2OS/c1-15(2,11-18-3)17-14-16-13(10-19-14)9-12-7-5-4-6-8-12/h4-8,13H,9-11H2,1-3H3,(H,16,17). The van der Waals surface area contributed by atoms with Crippen molar-refractivity contribution in [3.63, 3.8) is 0 Å². The van der Waals surface area contributed by atoms with Crippen LogP contribution in [0.5, 0.6) is 0 Å². The average Bonchev–Trinajstić information content (AvgIpc) is 2.76. The predicted molar refractivity (Wildman–Crippen MR) is 82.9 cm³/mol. The van der Waals surface area contributed by atoms with Gasteiger partial charge in [-0.25, -0.2) is 0 Å². The minimum absolute atomic E-state index is 0.0672. The van der Waals surface area contributed by atoms with Crippen LogP contribution in [-0.4, -0.2) is 36.2 Å². The van der Waals surface area contributed by atoms with E-state index < -0.39 is 0 Å². The zero-order chi connectivity index (χ0) is 13.7.